The van der Waals surface area contributed by atoms with E-state index in [4.69, 9.17) is 11.6 Å². The number of nitrogens with one attached hydrogen (secondary N) is 1. The van der Waals surface area contributed by atoms with E-state index in [1.54, 1.807) is 29.2 Å². The lowest BCUT2D eigenvalue weighted by atomic mass is 10.2. The van der Waals surface area contributed by atoms with Crippen LogP contribution < -0.4 is 10.2 Å². The second-order valence-electron chi connectivity index (χ2n) is 7.60. The van der Waals surface area contributed by atoms with Crippen LogP contribution in [0.25, 0.3) is 10.2 Å². The van der Waals surface area contributed by atoms with Gasteiger partial charge >= 0.3 is 0 Å². The average molecular weight is 487 g/mol. The van der Waals surface area contributed by atoms with Crippen LogP contribution in [0.15, 0.2) is 47.4 Å². The van der Waals surface area contributed by atoms with E-state index in [1.165, 1.54) is 28.0 Å². The van der Waals surface area contributed by atoms with Crippen molar-refractivity contribution < 1.29 is 14.4 Å². The smallest absolute Gasteiger partial charge is 0.250 e. The fourth-order valence-electron chi connectivity index (χ4n) is 3.89. The minimum atomic E-state index is -0.875. The predicted octanol–water partition coefficient (Wildman–Crippen LogP) is 4.02. The van der Waals surface area contributed by atoms with Crippen LogP contribution >= 0.6 is 34.7 Å². The molecule has 0 bridgehead atoms. The van der Waals surface area contributed by atoms with Gasteiger partial charge < -0.3 is 15.1 Å². The first kappa shape index (κ1) is 21.2. The van der Waals surface area contributed by atoms with Crippen LogP contribution in [0.2, 0.25) is 5.02 Å². The number of likely N-dealkylation sites (tertiary alicyclic amines) is 1. The number of amides is 3. The largest absolute Gasteiger partial charge is 0.341 e. The first-order valence-electron chi connectivity index (χ1n) is 10.2. The lowest BCUT2D eigenvalue weighted by Crippen LogP contribution is -2.51. The Balaban J connectivity index is 1.37. The number of rotatable bonds is 4. The summed E-state index contributed by atoms with van der Waals surface area (Å²) >= 11 is 8.60. The van der Waals surface area contributed by atoms with E-state index >= 15 is 0 Å². The molecule has 2 aromatic carbocycles. The van der Waals surface area contributed by atoms with Crippen LogP contribution in [-0.4, -0.2) is 52.5 Å². The number of thioether (sulfide) groups is 1. The third-order valence-corrected chi connectivity index (χ3v) is 7.84. The van der Waals surface area contributed by atoms with Gasteiger partial charge in [-0.1, -0.05) is 35.1 Å². The third kappa shape index (κ3) is 4.07. The SMILES string of the molecule is O=C(CN1C(=O)C(C(=O)N2CCCC2)Sc2ccccc21)Nc1nc2ccc(Cl)cc2s1. The van der Waals surface area contributed by atoms with Crippen LogP contribution in [0.3, 0.4) is 0 Å². The van der Waals surface area contributed by atoms with E-state index in [0.29, 0.717) is 28.9 Å². The molecule has 1 saturated heterocycles. The zero-order chi connectivity index (χ0) is 22.2. The molecule has 2 aliphatic rings. The van der Waals surface area contributed by atoms with Crippen molar-refractivity contribution in [3.63, 3.8) is 0 Å². The second-order valence-corrected chi connectivity index (χ2v) is 10.2. The number of hydrogen-bond donors (Lipinski definition) is 1. The van der Waals surface area contributed by atoms with Crippen LogP contribution in [0.5, 0.6) is 0 Å². The van der Waals surface area contributed by atoms with Gasteiger partial charge in [0.1, 0.15) is 6.54 Å². The minimum absolute atomic E-state index is 0.180. The number of fused-ring (bicyclic) bond motifs is 2. The Morgan fingerprint density at radius 2 is 1.94 bits per heavy atom. The molecule has 0 radical (unpaired) electrons. The van der Waals surface area contributed by atoms with Gasteiger partial charge in [-0.05, 0) is 43.2 Å². The normalized spacial score (nSPS) is 18.2. The second kappa shape index (κ2) is 8.73. The van der Waals surface area contributed by atoms with Crippen molar-refractivity contribution in [2.75, 3.05) is 29.9 Å². The molecular weight excluding hydrogens is 468 g/mol. The number of carbonyl (C=O) groups is 3. The van der Waals surface area contributed by atoms with Gasteiger partial charge in [-0.25, -0.2) is 4.98 Å². The molecule has 3 aromatic rings. The van der Waals surface area contributed by atoms with E-state index < -0.39 is 5.25 Å². The lowest BCUT2D eigenvalue weighted by molar-refractivity contribution is -0.134. The van der Waals surface area contributed by atoms with Crippen LogP contribution in [-0.2, 0) is 14.4 Å². The maximum atomic E-state index is 13.3. The van der Waals surface area contributed by atoms with Crippen molar-refractivity contribution in [3.8, 4) is 0 Å². The molecule has 10 heteroatoms. The molecule has 5 rings (SSSR count). The third-order valence-electron chi connectivity index (χ3n) is 5.43. The number of benzene rings is 2. The summed E-state index contributed by atoms with van der Waals surface area (Å²) in [5.41, 5.74) is 1.38. The highest BCUT2D eigenvalue weighted by Gasteiger charge is 2.41. The number of para-hydroxylation sites is 1. The average Bonchev–Trinajstić information content (AvgIpc) is 3.44. The molecule has 1 unspecified atom stereocenters. The van der Waals surface area contributed by atoms with Gasteiger partial charge in [0.2, 0.25) is 11.8 Å². The summed E-state index contributed by atoms with van der Waals surface area (Å²) in [5, 5.41) is 2.94. The van der Waals surface area contributed by atoms with E-state index in [2.05, 4.69) is 10.3 Å². The summed E-state index contributed by atoms with van der Waals surface area (Å²) in [6, 6.07) is 12.7. The van der Waals surface area contributed by atoms with Crippen molar-refractivity contribution in [2.24, 2.45) is 0 Å². The van der Waals surface area contributed by atoms with Gasteiger partial charge in [0.05, 0.1) is 15.9 Å². The van der Waals surface area contributed by atoms with Gasteiger partial charge in [0, 0.05) is 23.0 Å². The molecule has 164 valence electrons. The van der Waals surface area contributed by atoms with Crippen LogP contribution in [0.1, 0.15) is 12.8 Å². The molecule has 32 heavy (non-hydrogen) atoms. The Morgan fingerprint density at radius 1 is 1.16 bits per heavy atom. The summed E-state index contributed by atoms with van der Waals surface area (Å²) < 4.78 is 0.861. The Bertz CT molecular complexity index is 1220. The molecule has 2 aliphatic heterocycles. The van der Waals surface area contributed by atoms with Gasteiger partial charge in [0.15, 0.2) is 10.4 Å². The summed E-state index contributed by atoms with van der Waals surface area (Å²) in [7, 11) is 0. The zero-order valence-electron chi connectivity index (χ0n) is 16.9. The number of nitrogens with zero attached hydrogens (tertiary/aromatic N) is 3. The molecule has 1 atom stereocenters. The molecule has 1 fully saturated rings. The van der Waals surface area contributed by atoms with Crippen molar-refractivity contribution in [1.82, 2.24) is 9.88 Å². The van der Waals surface area contributed by atoms with Crippen molar-refractivity contribution in [1.29, 1.82) is 0 Å². The Labute approximate surface area is 197 Å². The number of hydrogen-bond acceptors (Lipinski definition) is 6. The Hall–Kier alpha value is -2.62. The van der Waals surface area contributed by atoms with E-state index in [-0.39, 0.29) is 24.3 Å². The fraction of sp³-hybridized carbons (Fsp3) is 0.273. The lowest BCUT2D eigenvalue weighted by Gasteiger charge is -2.34. The molecule has 0 spiro atoms. The maximum absolute atomic E-state index is 13.3. The number of halogens is 1. The molecular formula is C22H19ClN4O3S2. The predicted molar refractivity (Wildman–Crippen MR) is 128 cm³/mol. The Morgan fingerprint density at radius 3 is 2.75 bits per heavy atom. The highest BCUT2D eigenvalue weighted by molar-refractivity contribution is 8.01. The first-order chi connectivity index (χ1) is 15.5. The van der Waals surface area contributed by atoms with Gasteiger partial charge in [0.25, 0.3) is 5.91 Å². The standard InChI is InChI=1S/C22H19ClN4O3S2/c23-13-7-8-14-17(11-13)32-22(24-14)25-18(28)12-27-15-5-1-2-6-16(15)31-19(21(27)30)20(29)26-9-3-4-10-26/h1-2,5-8,11,19H,3-4,9-10,12H2,(H,24,25,28). The number of anilines is 2. The van der Waals surface area contributed by atoms with E-state index in [1.807, 2.05) is 18.2 Å². The quantitative estimate of drug-likeness (QED) is 0.563. The molecule has 1 aromatic heterocycles. The van der Waals surface area contributed by atoms with Crippen molar-refractivity contribution in [2.45, 2.75) is 23.0 Å². The number of aromatic nitrogens is 1. The van der Waals surface area contributed by atoms with Crippen LogP contribution in [0, 0.1) is 0 Å². The summed E-state index contributed by atoms with van der Waals surface area (Å²) in [5.74, 6) is -0.921. The molecule has 1 N–H and O–H groups in total. The fourth-order valence-corrected chi connectivity index (χ4v) is 6.24. The first-order valence-corrected chi connectivity index (χ1v) is 12.3. The molecule has 7 nitrogen and oxygen atoms in total. The topological polar surface area (TPSA) is 82.6 Å². The Kier molecular flexibility index (Phi) is 5.79. The zero-order valence-corrected chi connectivity index (χ0v) is 19.3. The van der Waals surface area contributed by atoms with Gasteiger partial charge in [-0.3, -0.25) is 14.4 Å². The molecule has 0 aliphatic carbocycles. The van der Waals surface area contributed by atoms with Crippen LogP contribution in [0.4, 0.5) is 10.8 Å². The maximum Gasteiger partial charge on any atom is 0.250 e. The van der Waals surface area contributed by atoms with Crippen molar-refractivity contribution >= 4 is 73.5 Å². The summed E-state index contributed by atoms with van der Waals surface area (Å²) in [4.78, 5) is 47.5. The highest BCUT2D eigenvalue weighted by Crippen LogP contribution is 2.40. The number of thiazole rings is 1. The number of carbonyl (C=O) groups excluding carboxylic acids is 3. The summed E-state index contributed by atoms with van der Waals surface area (Å²) in [6.07, 6.45) is 1.90. The van der Waals surface area contributed by atoms with E-state index in [9.17, 15) is 14.4 Å². The van der Waals surface area contributed by atoms with E-state index in [0.717, 1.165) is 28.0 Å². The van der Waals surface area contributed by atoms with Crippen molar-refractivity contribution in [3.05, 3.63) is 47.5 Å². The molecule has 3 heterocycles. The highest BCUT2D eigenvalue weighted by atomic mass is 35.5. The molecule has 0 saturated carbocycles. The summed E-state index contributed by atoms with van der Waals surface area (Å²) in [6.45, 7) is 1.15. The van der Waals surface area contributed by atoms with Gasteiger partial charge in [-0.15, -0.1) is 11.8 Å². The monoisotopic (exact) mass is 486 g/mol. The van der Waals surface area contributed by atoms with Gasteiger partial charge in [-0.2, -0.15) is 0 Å². The minimum Gasteiger partial charge on any atom is -0.341 e. The molecule has 3 amide bonds.